The minimum Gasteiger partial charge on any atom is -0.353 e. The number of para-hydroxylation sites is 2. The first-order valence-electron chi connectivity index (χ1n) is 13.6. The second kappa shape index (κ2) is 11.7. The SMILES string of the molecule is [C-]#[N+]C[C@H](C1CCCC1)n1cc(-c2ncnc3c2ccn3C(=O)Cc2ccccc2Nc2c(Cl)cccc2Cl)cn1. The van der Waals surface area contributed by atoms with Gasteiger partial charge in [0.05, 0.1) is 34.0 Å². The van der Waals surface area contributed by atoms with E-state index < -0.39 is 0 Å². The Hall–Kier alpha value is -4.19. The first-order chi connectivity index (χ1) is 20.0. The summed E-state index contributed by atoms with van der Waals surface area (Å²) in [6.45, 7) is 7.86. The third-order valence-electron chi connectivity index (χ3n) is 7.77. The lowest BCUT2D eigenvalue weighted by Gasteiger charge is -2.18. The molecule has 1 saturated carbocycles. The van der Waals surface area contributed by atoms with E-state index in [4.69, 9.17) is 29.8 Å². The number of anilines is 2. The molecule has 0 spiro atoms. The van der Waals surface area contributed by atoms with Crippen LogP contribution in [-0.4, -0.2) is 36.8 Å². The van der Waals surface area contributed by atoms with Gasteiger partial charge in [0.15, 0.2) is 5.65 Å². The Morgan fingerprint density at radius 3 is 2.63 bits per heavy atom. The first-order valence-corrected chi connectivity index (χ1v) is 14.3. The summed E-state index contributed by atoms with van der Waals surface area (Å²) < 4.78 is 3.49. The average molecular weight is 585 g/mol. The van der Waals surface area contributed by atoms with Gasteiger partial charge in [0.1, 0.15) is 12.4 Å². The molecular weight excluding hydrogens is 557 g/mol. The largest absolute Gasteiger partial charge is 0.353 e. The molecule has 0 aliphatic heterocycles. The molecular formula is C31H27Cl2N7O. The highest BCUT2D eigenvalue weighted by atomic mass is 35.5. The van der Waals surface area contributed by atoms with Crippen molar-refractivity contribution in [3.05, 3.63) is 100 Å². The molecule has 0 unspecified atom stereocenters. The molecule has 1 aliphatic carbocycles. The summed E-state index contributed by atoms with van der Waals surface area (Å²) in [6.07, 6.45) is 11.8. The Morgan fingerprint density at radius 2 is 1.85 bits per heavy atom. The Labute approximate surface area is 247 Å². The summed E-state index contributed by atoms with van der Waals surface area (Å²) in [5.74, 6) is 0.325. The highest BCUT2D eigenvalue weighted by Gasteiger charge is 2.29. The number of nitrogens with zero attached hydrogens (tertiary/aromatic N) is 6. The maximum atomic E-state index is 13.6. The fraction of sp³-hybridized carbons (Fsp3) is 0.258. The molecule has 1 atom stereocenters. The predicted octanol–water partition coefficient (Wildman–Crippen LogP) is 7.88. The van der Waals surface area contributed by atoms with E-state index in [1.54, 1.807) is 35.2 Å². The third kappa shape index (κ3) is 5.43. The Morgan fingerprint density at radius 1 is 1.07 bits per heavy atom. The van der Waals surface area contributed by atoms with Crippen LogP contribution in [0.1, 0.15) is 42.1 Å². The molecule has 5 aromatic rings. The molecule has 41 heavy (non-hydrogen) atoms. The number of rotatable bonds is 8. The van der Waals surface area contributed by atoms with Gasteiger partial charge in [0.2, 0.25) is 12.5 Å². The minimum atomic E-state index is -0.141. The molecule has 0 saturated heterocycles. The van der Waals surface area contributed by atoms with Crippen LogP contribution in [0.5, 0.6) is 0 Å². The van der Waals surface area contributed by atoms with Gasteiger partial charge in [-0.05, 0) is 48.6 Å². The van der Waals surface area contributed by atoms with Gasteiger partial charge in [-0.1, -0.05) is 60.3 Å². The van der Waals surface area contributed by atoms with Gasteiger partial charge < -0.3 is 10.2 Å². The maximum absolute atomic E-state index is 13.6. The number of hydrogen-bond acceptors (Lipinski definition) is 5. The Bertz CT molecular complexity index is 1740. The van der Waals surface area contributed by atoms with E-state index in [0.717, 1.165) is 35.0 Å². The molecule has 8 nitrogen and oxygen atoms in total. The average Bonchev–Trinajstić information content (AvgIpc) is 3.76. The van der Waals surface area contributed by atoms with E-state index in [-0.39, 0.29) is 18.4 Å². The van der Waals surface area contributed by atoms with Crippen LogP contribution in [0.4, 0.5) is 11.4 Å². The van der Waals surface area contributed by atoms with Crippen molar-refractivity contribution in [3.63, 3.8) is 0 Å². The van der Waals surface area contributed by atoms with Crippen LogP contribution in [0.3, 0.4) is 0 Å². The normalized spacial score (nSPS) is 14.3. The zero-order valence-corrected chi connectivity index (χ0v) is 23.7. The molecule has 1 aliphatic rings. The zero-order chi connectivity index (χ0) is 28.3. The number of benzene rings is 2. The van der Waals surface area contributed by atoms with Gasteiger partial charge in [0.25, 0.3) is 0 Å². The minimum absolute atomic E-state index is 0.0570. The van der Waals surface area contributed by atoms with Gasteiger partial charge in [-0.3, -0.25) is 14.0 Å². The van der Waals surface area contributed by atoms with Crippen molar-refractivity contribution in [2.45, 2.75) is 38.1 Å². The number of carbonyl (C=O) groups is 1. The van der Waals surface area contributed by atoms with Crippen LogP contribution in [0.15, 0.2) is 73.4 Å². The van der Waals surface area contributed by atoms with Gasteiger partial charge in [0, 0.05) is 29.0 Å². The van der Waals surface area contributed by atoms with Gasteiger partial charge in [-0.2, -0.15) is 5.10 Å². The van der Waals surface area contributed by atoms with Gasteiger partial charge in [-0.15, -0.1) is 0 Å². The molecule has 0 radical (unpaired) electrons. The maximum Gasteiger partial charge on any atom is 0.237 e. The van der Waals surface area contributed by atoms with Crippen LogP contribution in [0.25, 0.3) is 27.1 Å². The Balaban J connectivity index is 1.27. The summed E-state index contributed by atoms with van der Waals surface area (Å²) in [6, 6.07) is 14.8. The highest BCUT2D eigenvalue weighted by Crippen LogP contribution is 2.36. The fourth-order valence-electron chi connectivity index (χ4n) is 5.71. The lowest BCUT2D eigenvalue weighted by atomic mass is 9.98. The van der Waals surface area contributed by atoms with Crippen LogP contribution >= 0.6 is 23.2 Å². The summed E-state index contributed by atoms with van der Waals surface area (Å²) in [5.41, 5.74) is 4.19. The van der Waals surface area contributed by atoms with Crippen molar-refractivity contribution in [3.8, 4) is 11.3 Å². The molecule has 10 heteroatoms. The van der Waals surface area contributed by atoms with Crippen LogP contribution in [-0.2, 0) is 6.42 Å². The van der Waals surface area contributed by atoms with E-state index in [0.29, 0.717) is 39.5 Å². The van der Waals surface area contributed by atoms with E-state index in [1.165, 1.54) is 19.2 Å². The summed E-state index contributed by atoms with van der Waals surface area (Å²) >= 11 is 12.7. The molecule has 2 aromatic carbocycles. The molecule has 6 rings (SSSR count). The van der Waals surface area contributed by atoms with Crippen molar-refractivity contribution >= 4 is 51.5 Å². The molecule has 0 amide bonds. The van der Waals surface area contributed by atoms with Gasteiger partial charge in [-0.25, -0.2) is 16.5 Å². The van der Waals surface area contributed by atoms with Crippen molar-refractivity contribution in [1.29, 1.82) is 0 Å². The van der Waals surface area contributed by atoms with Crippen molar-refractivity contribution in [2.24, 2.45) is 5.92 Å². The molecule has 1 N–H and O–H groups in total. The lowest BCUT2D eigenvalue weighted by Crippen LogP contribution is -2.20. The smallest absolute Gasteiger partial charge is 0.237 e. The number of hydrogen-bond donors (Lipinski definition) is 1. The number of aromatic nitrogens is 5. The fourth-order valence-corrected chi connectivity index (χ4v) is 6.20. The van der Waals surface area contributed by atoms with Crippen molar-refractivity contribution in [2.75, 3.05) is 11.9 Å². The molecule has 3 heterocycles. The molecule has 0 bridgehead atoms. The summed E-state index contributed by atoms with van der Waals surface area (Å²) in [7, 11) is 0. The standard InChI is InChI=1S/C31H27Cl2N7O/c1-34-17-27(20-7-2-3-8-20)40-18-22(16-37-40)29-23-13-14-39(31(23)36-19-35-29)28(41)15-21-9-4-5-12-26(21)38-30-24(32)10-6-11-25(30)33/h4-6,9-14,16,18-20,27,38H,2-3,7-8,15,17H2/t27-/m1/s1. The van der Waals surface area contributed by atoms with Crippen LogP contribution < -0.4 is 5.32 Å². The van der Waals surface area contributed by atoms with Crippen molar-refractivity contribution in [1.82, 2.24) is 24.3 Å². The van der Waals surface area contributed by atoms with E-state index in [9.17, 15) is 4.79 Å². The van der Waals surface area contributed by atoms with Crippen LogP contribution in [0, 0.1) is 12.5 Å². The van der Waals surface area contributed by atoms with Crippen LogP contribution in [0.2, 0.25) is 10.0 Å². The lowest BCUT2D eigenvalue weighted by molar-refractivity contribution is 0.0919. The number of halogens is 2. The van der Waals surface area contributed by atoms with Crippen molar-refractivity contribution < 1.29 is 4.79 Å². The molecule has 1 fully saturated rings. The summed E-state index contributed by atoms with van der Waals surface area (Å²) in [5, 5.41) is 9.66. The molecule has 3 aromatic heterocycles. The number of fused-ring (bicyclic) bond motifs is 1. The number of carbonyl (C=O) groups excluding carboxylic acids is 1. The van der Waals surface area contributed by atoms with E-state index in [2.05, 4.69) is 25.2 Å². The quantitative estimate of drug-likeness (QED) is 0.188. The zero-order valence-electron chi connectivity index (χ0n) is 22.2. The Kier molecular flexibility index (Phi) is 7.73. The second-order valence-electron chi connectivity index (χ2n) is 10.3. The highest BCUT2D eigenvalue weighted by molar-refractivity contribution is 6.39. The number of nitrogens with one attached hydrogen (secondary N) is 1. The second-order valence-corrected chi connectivity index (χ2v) is 11.1. The molecule has 206 valence electrons. The van der Waals surface area contributed by atoms with E-state index in [1.807, 2.05) is 41.2 Å². The predicted molar refractivity (Wildman–Crippen MR) is 162 cm³/mol. The van der Waals surface area contributed by atoms with E-state index >= 15 is 0 Å². The first kappa shape index (κ1) is 27.0. The third-order valence-corrected chi connectivity index (χ3v) is 8.40. The topological polar surface area (TPSA) is 82.0 Å². The summed E-state index contributed by atoms with van der Waals surface area (Å²) in [4.78, 5) is 26.2. The van der Waals surface area contributed by atoms with Gasteiger partial charge >= 0.3 is 0 Å². The monoisotopic (exact) mass is 583 g/mol.